The molecular formula is C85H126N22O22. The molecule has 14 atom stereocenters. The zero-order valence-electron chi connectivity index (χ0n) is 73.4. The number of carbonyl (C=O) groups excluding carboxylic acids is 20. The van der Waals surface area contributed by atoms with Gasteiger partial charge >= 0.3 is 5.97 Å². The topological polar surface area (TPSA) is 552 Å². The third kappa shape index (κ3) is 22.1. The van der Waals surface area contributed by atoms with Gasteiger partial charge in [-0.25, -0.2) is 0 Å². The van der Waals surface area contributed by atoms with Crippen molar-refractivity contribution in [3.8, 4) is 0 Å². The quantitative estimate of drug-likeness (QED) is 0.0272. The van der Waals surface area contributed by atoms with Crippen LogP contribution in [0.4, 0.5) is 0 Å². The van der Waals surface area contributed by atoms with Crippen LogP contribution in [-0.4, -0.2) is 410 Å². The summed E-state index contributed by atoms with van der Waals surface area (Å²) in [6.07, 6.45) is 11.9. The molecule has 0 aliphatic carbocycles. The van der Waals surface area contributed by atoms with Crippen molar-refractivity contribution in [2.45, 2.75) is 271 Å². The van der Waals surface area contributed by atoms with E-state index in [0.717, 1.165) is 13.0 Å². The molecule has 13 rings (SSSR count). The van der Waals surface area contributed by atoms with Crippen molar-refractivity contribution in [3.63, 3.8) is 0 Å². The molecule has 0 unspecified atom stereocenters. The standard InChI is InChI=1S/C85H126N22O22/c86-30-2-1-16-52(95-65(108)44-88-72(116)55-20-6-39-103(55)81(125)60-25-11-32-96(60)66(109)45-89-73(117)53-18-4-37-101(53)79(123)51-17-3-31-87-51)80(124)102-38-5-19-54(102)74(118)90-46-67(110)97-33-12-26-61(97)82(126)104-40-7-21-56(104)75(119)91-47-68(111)98-34-13-27-62(98)83(127)105-41-8-22-57(105)76(120)92-48-69(112)99-35-14-28-63(99)84(128)106-42-9-23-58(106)77(121)93-49-70(113)100-36-15-29-64(100)85(129)107-43-10-24-59(107)78(122)94-50-71(114)115/h51-64,87H,1-50,86H2,(H,88,116)(H,89,117)(H,90,118)(H,91,119)(H,92,120)(H,93,121)(H,94,122)(H,95,108)(H,114,115)/t51-,52-,53-,54-,55-,56-,57-,58-,59-,60-,61-,62-,63-,64-/m0/s1. The Hall–Kier alpha value is -11.2. The lowest BCUT2D eigenvalue weighted by molar-refractivity contribution is -0.148. The Morgan fingerprint density at radius 3 is 0.760 bits per heavy atom. The van der Waals surface area contributed by atoms with E-state index in [2.05, 4.69) is 47.9 Å². The number of unbranched alkanes of at least 4 members (excludes halogenated alkanes) is 1. The summed E-state index contributed by atoms with van der Waals surface area (Å²) < 4.78 is 0. The molecule has 13 aliphatic heterocycles. The van der Waals surface area contributed by atoms with Gasteiger partial charge in [-0.05, 0) is 199 Å². The number of aliphatic carboxylic acids is 1. The molecule has 20 amide bonds. The Labute approximate surface area is 747 Å². The number of nitrogens with one attached hydrogen (secondary N) is 9. The van der Waals surface area contributed by atoms with Crippen LogP contribution < -0.4 is 53.6 Å². The Balaban J connectivity index is 0.523. The number of nitrogens with two attached hydrogens (primary N) is 1. The van der Waals surface area contributed by atoms with E-state index in [-0.39, 0.29) is 148 Å². The second-order valence-corrected chi connectivity index (χ2v) is 36.0. The number of carboxylic acid groups (broad SMARTS) is 1. The highest BCUT2D eigenvalue weighted by Gasteiger charge is 2.51. The second-order valence-electron chi connectivity index (χ2n) is 36.0. The minimum absolute atomic E-state index is 0.128. The summed E-state index contributed by atoms with van der Waals surface area (Å²) in [6.45, 7) is 0.114. The van der Waals surface area contributed by atoms with Crippen molar-refractivity contribution >= 4 is 124 Å². The number of likely N-dealkylation sites (tertiary alicyclic amines) is 12. The van der Waals surface area contributed by atoms with Crippen LogP contribution >= 0.6 is 0 Å². The lowest BCUT2D eigenvalue weighted by Gasteiger charge is -2.32. The van der Waals surface area contributed by atoms with Gasteiger partial charge in [0.25, 0.3) is 0 Å². The molecule has 0 aromatic rings. The number of amides is 20. The zero-order valence-corrected chi connectivity index (χ0v) is 73.4. The van der Waals surface area contributed by atoms with Gasteiger partial charge in [-0.15, -0.1) is 0 Å². The van der Waals surface area contributed by atoms with E-state index in [9.17, 15) is 101 Å². The minimum Gasteiger partial charge on any atom is -0.480 e. The van der Waals surface area contributed by atoms with E-state index >= 15 is 0 Å². The Kier molecular flexibility index (Phi) is 32.5. The fourth-order valence-corrected chi connectivity index (χ4v) is 21.5. The average molecular weight is 1810 g/mol. The molecule has 0 radical (unpaired) electrons. The predicted octanol–water partition coefficient (Wildman–Crippen LogP) is -6.86. The molecule has 13 heterocycles. The van der Waals surface area contributed by atoms with Crippen molar-refractivity contribution in [2.75, 3.05) is 137 Å². The van der Waals surface area contributed by atoms with Gasteiger partial charge in [0.1, 0.15) is 85.1 Å². The number of hydrogen-bond donors (Lipinski definition) is 11. The molecule has 44 heteroatoms. The van der Waals surface area contributed by atoms with E-state index in [0.29, 0.717) is 135 Å². The molecular weight excluding hydrogens is 1680 g/mol. The second kappa shape index (κ2) is 43.9. The van der Waals surface area contributed by atoms with E-state index in [1.54, 1.807) is 4.90 Å². The van der Waals surface area contributed by atoms with Gasteiger partial charge in [0, 0.05) is 78.5 Å². The smallest absolute Gasteiger partial charge is 0.322 e. The first-order valence-electron chi connectivity index (χ1n) is 46.6. The number of rotatable bonds is 33. The maximum Gasteiger partial charge on any atom is 0.322 e. The number of nitrogens with zero attached hydrogens (tertiary/aromatic N) is 12. The molecule has 708 valence electrons. The van der Waals surface area contributed by atoms with Crippen molar-refractivity contribution in [3.05, 3.63) is 0 Å². The normalized spacial score (nSPS) is 26.9. The first-order chi connectivity index (χ1) is 62.1. The fraction of sp³-hybridized carbons (Fsp3) is 0.753. The van der Waals surface area contributed by atoms with Gasteiger partial charge in [0.2, 0.25) is 118 Å². The number of hydrogen-bond acceptors (Lipinski definition) is 23. The van der Waals surface area contributed by atoms with Gasteiger partial charge in [-0.1, -0.05) is 0 Å². The summed E-state index contributed by atoms with van der Waals surface area (Å²) in [5.74, 6) is -11.8. The van der Waals surface area contributed by atoms with Gasteiger partial charge < -0.3 is 117 Å². The Morgan fingerprint density at radius 1 is 0.271 bits per heavy atom. The van der Waals surface area contributed by atoms with Gasteiger partial charge in [-0.3, -0.25) is 101 Å². The van der Waals surface area contributed by atoms with Crippen LogP contribution in [0.2, 0.25) is 0 Å². The van der Waals surface area contributed by atoms with Crippen LogP contribution in [-0.2, 0) is 101 Å². The average Bonchev–Trinajstić information content (AvgIpc) is 1.68. The van der Waals surface area contributed by atoms with Gasteiger partial charge in [0.05, 0.1) is 45.3 Å². The Morgan fingerprint density at radius 2 is 0.504 bits per heavy atom. The fourth-order valence-electron chi connectivity index (χ4n) is 21.5. The highest BCUT2D eigenvalue weighted by molar-refractivity contribution is 6.02. The first-order valence-corrected chi connectivity index (χ1v) is 46.6. The molecule has 0 aromatic heterocycles. The molecule has 13 saturated heterocycles. The molecule has 12 N–H and O–H groups in total. The highest BCUT2D eigenvalue weighted by atomic mass is 16.4. The minimum atomic E-state index is -1.23. The third-order valence-corrected chi connectivity index (χ3v) is 28.0. The summed E-state index contributed by atoms with van der Waals surface area (Å²) >= 11 is 0. The molecule has 0 aromatic carbocycles. The van der Waals surface area contributed by atoms with E-state index in [4.69, 9.17) is 10.8 Å². The van der Waals surface area contributed by atoms with E-state index in [1.807, 2.05) is 0 Å². The largest absolute Gasteiger partial charge is 0.480 e. The number of carbonyl (C=O) groups is 21. The molecule has 13 aliphatic rings. The number of carboxylic acids is 1. The molecule has 129 heavy (non-hydrogen) atoms. The van der Waals surface area contributed by atoms with Gasteiger partial charge in [0.15, 0.2) is 0 Å². The molecule has 44 nitrogen and oxygen atoms in total. The molecule has 0 spiro atoms. The van der Waals surface area contributed by atoms with Crippen LogP contribution in [0.15, 0.2) is 0 Å². The summed E-state index contributed by atoms with van der Waals surface area (Å²) in [7, 11) is 0. The summed E-state index contributed by atoms with van der Waals surface area (Å²) in [5, 5.41) is 33.2. The van der Waals surface area contributed by atoms with Crippen molar-refractivity contribution in [2.24, 2.45) is 5.73 Å². The monoisotopic (exact) mass is 1810 g/mol. The molecule has 13 fully saturated rings. The maximum absolute atomic E-state index is 14.5. The van der Waals surface area contributed by atoms with Crippen LogP contribution in [0.1, 0.15) is 186 Å². The lowest BCUT2D eigenvalue weighted by atomic mass is 10.1. The maximum atomic E-state index is 14.5. The zero-order chi connectivity index (χ0) is 91.9. The van der Waals surface area contributed by atoms with Crippen LogP contribution in [0, 0.1) is 0 Å². The first kappa shape index (κ1) is 95.4. The van der Waals surface area contributed by atoms with Crippen molar-refractivity contribution in [1.82, 2.24) is 107 Å². The van der Waals surface area contributed by atoms with E-state index in [1.165, 1.54) is 53.9 Å². The predicted molar refractivity (Wildman–Crippen MR) is 451 cm³/mol. The van der Waals surface area contributed by atoms with Crippen molar-refractivity contribution < 1.29 is 106 Å². The van der Waals surface area contributed by atoms with Crippen LogP contribution in [0.3, 0.4) is 0 Å². The van der Waals surface area contributed by atoms with Crippen LogP contribution in [0.5, 0.6) is 0 Å². The van der Waals surface area contributed by atoms with E-state index < -0.39 is 236 Å². The summed E-state index contributed by atoms with van der Waals surface area (Å²) in [5.41, 5.74) is 5.82. The molecule has 0 saturated carbocycles. The Bertz CT molecular complexity index is 4300. The molecule has 0 bridgehead atoms. The van der Waals surface area contributed by atoms with Crippen LogP contribution in [0.25, 0.3) is 0 Å². The highest BCUT2D eigenvalue weighted by Crippen LogP contribution is 2.33. The SMILES string of the molecule is NCCCC[C@H](NC(=O)CNC(=O)[C@@H]1CCCN1C(=O)[C@@H]1CCCN1C(=O)CNC(=O)[C@@H]1CCCN1C(=O)[C@@H]1CCCN1)C(=O)N1CCC[C@H]1C(=O)NCC(=O)N1CCC[C@H]1C(=O)N1CCC[C@H]1C(=O)NCC(=O)N1CCC[C@H]1C(=O)N1CCC[C@H]1C(=O)NCC(=O)N1CCC[C@H]1C(=O)N1CCC[C@H]1C(=O)NCC(=O)N1CCC[C@H]1C(=O)N1CCC[C@H]1C(=O)NCC(=O)O. The summed E-state index contributed by atoms with van der Waals surface area (Å²) in [4.78, 5) is 306. The lowest BCUT2D eigenvalue weighted by Crippen LogP contribution is -2.57. The van der Waals surface area contributed by atoms with Crippen molar-refractivity contribution in [1.29, 1.82) is 0 Å². The summed E-state index contributed by atoms with van der Waals surface area (Å²) in [6, 6.07) is -12.7. The third-order valence-electron chi connectivity index (χ3n) is 28.0. The van der Waals surface area contributed by atoms with Gasteiger partial charge in [-0.2, -0.15) is 0 Å².